The zero-order valence-electron chi connectivity index (χ0n) is 18.8. The number of hydrogen-bond acceptors (Lipinski definition) is 5. The van der Waals surface area contributed by atoms with Gasteiger partial charge >= 0.3 is 35.5 Å². The van der Waals surface area contributed by atoms with Crippen LogP contribution >= 0.6 is 23.2 Å². The van der Waals surface area contributed by atoms with Gasteiger partial charge < -0.3 is 15.3 Å². The number of rotatable bonds is 10. The SMILES string of the molecule is O=C(NC(C/C=C/c1ccc(N(CC2CC2)c2ncccn2)cc1)C(=O)O)c1c(Cl)cccc1Cl.[NaH]. The van der Waals surface area contributed by atoms with Crippen LogP contribution in [0.15, 0.2) is 67.0 Å². The second kappa shape index (κ2) is 13.2. The third kappa shape index (κ3) is 7.54. The molecule has 2 aromatic carbocycles. The summed E-state index contributed by atoms with van der Waals surface area (Å²) in [6.45, 7) is 0.870. The number of halogens is 2. The van der Waals surface area contributed by atoms with E-state index < -0.39 is 17.9 Å². The second-order valence-corrected chi connectivity index (χ2v) is 9.11. The summed E-state index contributed by atoms with van der Waals surface area (Å²) in [6.07, 6.45) is 9.52. The van der Waals surface area contributed by atoms with E-state index >= 15 is 0 Å². The van der Waals surface area contributed by atoms with Crippen LogP contribution < -0.4 is 10.2 Å². The zero-order valence-corrected chi connectivity index (χ0v) is 20.3. The maximum atomic E-state index is 12.6. The molecule has 1 aromatic heterocycles. The Bertz CT molecular complexity index is 1200. The summed E-state index contributed by atoms with van der Waals surface area (Å²) in [5, 5.41) is 12.4. The third-order valence-corrected chi connectivity index (χ3v) is 6.24. The molecule has 1 saturated carbocycles. The molecule has 1 unspecified atom stereocenters. The Morgan fingerprint density at radius 2 is 1.69 bits per heavy atom. The molecule has 1 atom stereocenters. The molecule has 10 heteroatoms. The Hall–Kier alpha value is -2.42. The van der Waals surface area contributed by atoms with Crippen LogP contribution in [0.25, 0.3) is 6.08 Å². The fourth-order valence-corrected chi connectivity index (χ4v) is 4.13. The molecular formula is C26H25Cl2N4NaO3. The number of carbonyl (C=O) groups is 2. The van der Waals surface area contributed by atoms with E-state index in [1.54, 1.807) is 30.6 Å². The van der Waals surface area contributed by atoms with Gasteiger partial charge in [-0.05, 0) is 61.1 Å². The fraction of sp³-hybridized carbons (Fsp3) is 0.231. The number of nitrogens with one attached hydrogen (secondary N) is 1. The first-order valence-electron chi connectivity index (χ1n) is 11.2. The van der Waals surface area contributed by atoms with Crippen molar-refractivity contribution >= 4 is 82.3 Å². The van der Waals surface area contributed by atoms with Crippen molar-refractivity contribution in [3.63, 3.8) is 0 Å². The van der Waals surface area contributed by atoms with Crippen molar-refractivity contribution in [3.8, 4) is 0 Å². The number of aromatic nitrogens is 2. The average Bonchev–Trinajstić information content (AvgIpc) is 3.67. The molecule has 0 aliphatic heterocycles. The molecule has 1 fully saturated rings. The summed E-state index contributed by atoms with van der Waals surface area (Å²) in [5.41, 5.74) is 1.95. The van der Waals surface area contributed by atoms with Gasteiger partial charge in [0, 0.05) is 24.6 Å². The summed E-state index contributed by atoms with van der Waals surface area (Å²) in [5.74, 6) is -0.465. The van der Waals surface area contributed by atoms with Crippen LogP contribution in [0.2, 0.25) is 10.0 Å². The summed E-state index contributed by atoms with van der Waals surface area (Å²) >= 11 is 12.1. The van der Waals surface area contributed by atoms with Crippen LogP contribution in [-0.2, 0) is 4.79 Å². The van der Waals surface area contributed by atoms with E-state index in [2.05, 4.69) is 20.2 Å². The van der Waals surface area contributed by atoms with Gasteiger partial charge in [-0.25, -0.2) is 14.8 Å². The van der Waals surface area contributed by atoms with Gasteiger partial charge in [-0.3, -0.25) is 4.79 Å². The predicted molar refractivity (Wildman–Crippen MR) is 144 cm³/mol. The number of benzene rings is 2. The Morgan fingerprint density at radius 3 is 2.28 bits per heavy atom. The fourth-order valence-electron chi connectivity index (χ4n) is 3.56. The molecular weight excluding hydrogens is 510 g/mol. The van der Waals surface area contributed by atoms with Crippen LogP contribution in [0.4, 0.5) is 11.6 Å². The average molecular weight is 535 g/mol. The van der Waals surface area contributed by atoms with Gasteiger partial charge in [0.05, 0.1) is 15.6 Å². The van der Waals surface area contributed by atoms with Crippen molar-refractivity contribution in [1.82, 2.24) is 15.3 Å². The molecule has 0 bridgehead atoms. The minimum absolute atomic E-state index is 0. The van der Waals surface area contributed by atoms with Crippen LogP contribution in [0.1, 0.15) is 35.2 Å². The molecule has 7 nitrogen and oxygen atoms in total. The molecule has 0 spiro atoms. The quantitative estimate of drug-likeness (QED) is 0.356. The van der Waals surface area contributed by atoms with E-state index in [0.717, 1.165) is 17.8 Å². The molecule has 1 aliphatic rings. The van der Waals surface area contributed by atoms with Crippen molar-refractivity contribution in [3.05, 3.63) is 88.2 Å². The van der Waals surface area contributed by atoms with Gasteiger partial charge in [0.1, 0.15) is 6.04 Å². The maximum absolute atomic E-state index is 12.6. The van der Waals surface area contributed by atoms with E-state index in [-0.39, 0.29) is 51.6 Å². The van der Waals surface area contributed by atoms with E-state index in [9.17, 15) is 14.7 Å². The van der Waals surface area contributed by atoms with E-state index in [1.165, 1.54) is 25.0 Å². The zero-order chi connectivity index (χ0) is 24.8. The molecule has 0 radical (unpaired) electrons. The molecule has 4 rings (SSSR count). The monoisotopic (exact) mass is 534 g/mol. The molecule has 0 saturated heterocycles. The predicted octanol–water partition coefficient (Wildman–Crippen LogP) is 4.97. The number of carboxylic acids is 1. The molecule has 1 heterocycles. The van der Waals surface area contributed by atoms with Crippen LogP contribution in [0, 0.1) is 5.92 Å². The third-order valence-electron chi connectivity index (χ3n) is 5.61. The van der Waals surface area contributed by atoms with Crippen molar-refractivity contribution < 1.29 is 14.7 Å². The Morgan fingerprint density at radius 1 is 1.06 bits per heavy atom. The van der Waals surface area contributed by atoms with Crippen LogP contribution in [-0.4, -0.2) is 69.1 Å². The van der Waals surface area contributed by atoms with Gasteiger partial charge in [0.25, 0.3) is 5.91 Å². The molecule has 1 amide bonds. The molecule has 36 heavy (non-hydrogen) atoms. The number of carbonyl (C=O) groups excluding carboxylic acids is 1. The van der Waals surface area contributed by atoms with Crippen LogP contribution in [0.5, 0.6) is 0 Å². The molecule has 182 valence electrons. The summed E-state index contributed by atoms with van der Waals surface area (Å²) in [7, 11) is 0. The molecule has 2 N–H and O–H groups in total. The number of amides is 1. The molecule has 3 aromatic rings. The van der Waals surface area contributed by atoms with Crippen molar-refractivity contribution in [2.75, 3.05) is 11.4 Å². The number of aliphatic carboxylic acids is 1. The number of nitrogens with zero attached hydrogens (tertiary/aromatic N) is 3. The number of carboxylic acid groups (broad SMARTS) is 1. The van der Waals surface area contributed by atoms with E-state index in [1.807, 2.05) is 30.3 Å². The topological polar surface area (TPSA) is 95.4 Å². The summed E-state index contributed by atoms with van der Waals surface area (Å²) < 4.78 is 0. The Balaban J connectivity index is 0.00000361. The first-order chi connectivity index (χ1) is 16.9. The van der Waals surface area contributed by atoms with Gasteiger partial charge in [-0.1, -0.05) is 53.6 Å². The summed E-state index contributed by atoms with van der Waals surface area (Å²) in [4.78, 5) is 35.1. The van der Waals surface area contributed by atoms with Crippen molar-refractivity contribution in [2.24, 2.45) is 5.92 Å². The van der Waals surface area contributed by atoms with Crippen molar-refractivity contribution in [2.45, 2.75) is 25.3 Å². The van der Waals surface area contributed by atoms with Crippen LogP contribution in [0.3, 0.4) is 0 Å². The van der Waals surface area contributed by atoms with Gasteiger partial charge in [0.2, 0.25) is 5.95 Å². The number of hydrogen-bond donors (Lipinski definition) is 2. The summed E-state index contributed by atoms with van der Waals surface area (Å²) in [6, 6.07) is 13.2. The van der Waals surface area contributed by atoms with Gasteiger partial charge in [-0.2, -0.15) is 0 Å². The van der Waals surface area contributed by atoms with Gasteiger partial charge in [0.15, 0.2) is 0 Å². The van der Waals surface area contributed by atoms with Gasteiger partial charge in [-0.15, -0.1) is 0 Å². The standard InChI is InChI=1S/C26H24Cl2N4O3.Na.H/c27-20-5-2-6-21(28)23(20)24(33)31-22(25(34)35)7-1-4-17-10-12-19(13-11-17)32(16-18-8-9-18)26-29-14-3-15-30-26;;/h1-6,10-15,18,22H,7-9,16H2,(H,31,33)(H,34,35);;/b4-1+;;. The Kier molecular flexibility index (Phi) is 10.3. The minimum atomic E-state index is -1.15. The normalized spacial score (nSPS) is 13.6. The second-order valence-electron chi connectivity index (χ2n) is 8.29. The van der Waals surface area contributed by atoms with Crippen molar-refractivity contribution in [1.29, 1.82) is 0 Å². The van der Waals surface area contributed by atoms with E-state index in [0.29, 0.717) is 11.9 Å². The Labute approximate surface area is 241 Å². The first kappa shape index (κ1) is 28.2. The molecule has 1 aliphatic carbocycles. The number of anilines is 2. The van der Waals surface area contributed by atoms with E-state index in [4.69, 9.17) is 23.2 Å². The first-order valence-corrected chi connectivity index (χ1v) is 12.0.